The van der Waals surface area contributed by atoms with E-state index in [9.17, 15) is 9.90 Å². The fraction of sp³-hybridized carbons (Fsp3) is 0.500. The van der Waals surface area contributed by atoms with Gasteiger partial charge >= 0.3 is 5.97 Å². The minimum absolute atomic E-state index is 0.445. The molecule has 1 atom stereocenters. The minimum Gasteiger partial charge on any atom is -0.480 e. The molecule has 1 aromatic rings. The van der Waals surface area contributed by atoms with Gasteiger partial charge in [0.05, 0.1) is 6.61 Å². The number of nitrogens with one attached hydrogen (secondary N) is 1. The second-order valence-electron chi connectivity index (χ2n) is 4.78. The Bertz CT molecular complexity index is 436. The Morgan fingerprint density at radius 3 is 3.05 bits per heavy atom. The molecule has 0 spiro atoms. The first-order valence-corrected chi connectivity index (χ1v) is 6.45. The van der Waals surface area contributed by atoms with E-state index in [1.807, 2.05) is 23.1 Å². The maximum atomic E-state index is 11.2. The third-order valence-corrected chi connectivity index (χ3v) is 3.33. The highest BCUT2D eigenvalue weighted by Gasteiger charge is 2.27. The Morgan fingerprint density at radius 1 is 1.53 bits per heavy atom. The zero-order valence-corrected chi connectivity index (χ0v) is 11.1. The number of hydrogen-bond donors (Lipinski definition) is 2. The molecule has 5 nitrogen and oxygen atoms in total. The van der Waals surface area contributed by atoms with Crippen LogP contribution in [0.3, 0.4) is 0 Å². The third-order valence-electron chi connectivity index (χ3n) is 3.33. The van der Waals surface area contributed by atoms with Gasteiger partial charge < -0.3 is 15.2 Å². The molecule has 1 aliphatic heterocycles. The van der Waals surface area contributed by atoms with Crippen molar-refractivity contribution in [3.63, 3.8) is 0 Å². The standard InChI is InChI=1S/C14H20N2O3/c1-19-10-12-4-2-3-11(7-12)9-16-6-5-15-8-13(16)14(17)18/h2-4,7,13,15H,5-6,8-10H2,1H3,(H,17,18). The fourth-order valence-corrected chi connectivity index (χ4v) is 2.40. The Morgan fingerprint density at radius 2 is 2.32 bits per heavy atom. The van der Waals surface area contributed by atoms with Gasteiger partial charge in [0.25, 0.3) is 0 Å². The number of carboxylic acid groups (broad SMARTS) is 1. The summed E-state index contributed by atoms with van der Waals surface area (Å²) < 4.78 is 5.11. The minimum atomic E-state index is -0.764. The number of carbonyl (C=O) groups is 1. The molecule has 1 heterocycles. The van der Waals surface area contributed by atoms with E-state index in [0.717, 1.165) is 24.2 Å². The van der Waals surface area contributed by atoms with Crippen molar-refractivity contribution in [2.24, 2.45) is 0 Å². The van der Waals surface area contributed by atoms with Gasteiger partial charge in [-0.05, 0) is 11.1 Å². The lowest BCUT2D eigenvalue weighted by Crippen LogP contribution is -2.54. The molecule has 0 bridgehead atoms. The highest BCUT2D eigenvalue weighted by Crippen LogP contribution is 2.13. The van der Waals surface area contributed by atoms with Crippen LogP contribution < -0.4 is 5.32 Å². The van der Waals surface area contributed by atoms with Crippen LogP contribution in [0.1, 0.15) is 11.1 Å². The summed E-state index contributed by atoms with van der Waals surface area (Å²) in [6, 6.07) is 7.66. The van der Waals surface area contributed by atoms with Crippen LogP contribution in [0.4, 0.5) is 0 Å². The molecule has 2 rings (SSSR count). The summed E-state index contributed by atoms with van der Waals surface area (Å²) in [7, 11) is 1.67. The largest absolute Gasteiger partial charge is 0.480 e. The maximum absolute atomic E-state index is 11.2. The molecular formula is C14H20N2O3. The van der Waals surface area contributed by atoms with Crippen LogP contribution in [-0.2, 0) is 22.7 Å². The summed E-state index contributed by atoms with van der Waals surface area (Å²) in [6.45, 7) is 3.34. The van der Waals surface area contributed by atoms with Gasteiger partial charge in [-0.25, -0.2) is 0 Å². The number of nitrogens with zero attached hydrogens (tertiary/aromatic N) is 1. The molecule has 5 heteroatoms. The van der Waals surface area contributed by atoms with E-state index in [-0.39, 0.29) is 0 Å². The van der Waals surface area contributed by atoms with E-state index in [1.165, 1.54) is 0 Å². The molecular weight excluding hydrogens is 244 g/mol. The van der Waals surface area contributed by atoms with Gasteiger partial charge in [0, 0.05) is 33.3 Å². The van der Waals surface area contributed by atoms with E-state index >= 15 is 0 Å². The zero-order chi connectivity index (χ0) is 13.7. The second kappa shape index (κ2) is 6.65. The Kier molecular flexibility index (Phi) is 4.90. The molecule has 1 aromatic carbocycles. The lowest BCUT2D eigenvalue weighted by atomic mass is 10.1. The zero-order valence-electron chi connectivity index (χ0n) is 11.1. The Hall–Kier alpha value is -1.43. The van der Waals surface area contributed by atoms with Gasteiger partial charge in [0.2, 0.25) is 0 Å². The molecule has 1 unspecified atom stereocenters. The van der Waals surface area contributed by atoms with Crippen LogP contribution in [0.5, 0.6) is 0 Å². The Labute approximate surface area is 113 Å². The SMILES string of the molecule is COCc1cccc(CN2CCNCC2C(=O)O)c1. The highest BCUT2D eigenvalue weighted by atomic mass is 16.5. The first kappa shape index (κ1) is 14.0. The molecule has 0 aliphatic carbocycles. The molecule has 2 N–H and O–H groups in total. The van der Waals surface area contributed by atoms with Gasteiger partial charge in [-0.2, -0.15) is 0 Å². The van der Waals surface area contributed by atoms with Crippen molar-refractivity contribution in [3.8, 4) is 0 Å². The van der Waals surface area contributed by atoms with Crippen molar-refractivity contribution < 1.29 is 14.6 Å². The lowest BCUT2D eigenvalue weighted by molar-refractivity contribution is -0.144. The van der Waals surface area contributed by atoms with Gasteiger partial charge in [0.15, 0.2) is 0 Å². The van der Waals surface area contributed by atoms with Crippen molar-refractivity contribution >= 4 is 5.97 Å². The fourth-order valence-electron chi connectivity index (χ4n) is 2.40. The van der Waals surface area contributed by atoms with Gasteiger partial charge in [-0.1, -0.05) is 24.3 Å². The number of aliphatic carboxylic acids is 1. The van der Waals surface area contributed by atoms with Gasteiger partial charge in [-0.3, -0.25) is 9.69 Å². The maximum Gasteiger partial charge on any atom is 0.322 e. The van der Waals surface area contributed by atoms with Crippen molar-refractivity contribution in [2.75, 3.05) is 26.7 Å². The summed E-state index contributed by atoms with van der Waals surface area (Å²) in [5, 5.41) is 12.3. The van der Waals surface area contributed by atoms with Crippen LogP contribution in [0.15, 0.2) is 24.3 Å². The van der Waals surface area contributed by atoms with Gasteiger partial charge in [0.1, 0.15) is 6.04 Å². The predicted octanol–water partition coefficient (Wildman–Crippen LogP) is 0.691. The number of benzene rings is 1. The number of rotatable bonds is 5. The number of methoxy groups -OCH3 is 1. The Balaban J connectivity index is 2.06. The van der Waals surface area contributed by atoms with Crippen LogP contribution in [0.25, 0.3) is 0 Å². The van der Waals surface area contributed by atoms with Gasteiger partial charge in [-0.15, -0.1) is 0 Å². The van der Waals surface area contributed by atoms with Crippen LogP contribution >= 0.6 is 0 Å². The molecule has 1 fully saturated rings. The molecule has 0 radical (unpaired) electrons. The summed E-state index contributed by atoms with van der Waals surface area (Å²) in [6.07, 6.45) is 0. The normalized spacial score (nSPS) is 20.4. The molecule has 0 amide bonds. The third kappa shape index (κ3) is 3.76. The van der Waals surface area contributed by atoms with Crippen molar-refractivity contribution in [2.45, 2.75) is 19.2 Å². The van der Waals surface area contributed by atoms with E-state index < -0.39 is 12.0 Å². The van der Waals surface area contributed by atoms with E-state index in [1.54, 1.807) is 7.11 Å². The topological polar surface area (TPSA) is 61.8 Å². The van der Waals surface area contributed by atoms with E-state index in [0.29, 0.717) is 19.7 Å². The van der Waals surface area contributed by atoms with E-state index in [4.69, 9.17) is 4.74 Å². The van der Waals surface area contributed by atoms with Crippen molar-refractivity contribution in [1.29, 1.82) is 0 Å². The number of piperazine rings is 1. The summed E-state index contributed by atoms with van der Waals surface area (Å²) >= 11 is 0. The van der Waals surface area contributed by atoms with E-state index in [2.05, 4.69) is 11.4 Å². The molecule has 1 aliphatic rings. The molecule has 19 heavy (non-hydrogen) atoms. The van der Waals surface area contributed by atoms with Crippen molar-refractivity contribution in [1.82, 2.24) is 10.2 Å². The smallest absolute Gasteiger partial charge is 0.322 e. The summed E-state index contributed by atoms with van der Waals surface area (Å²) in [5.41, 5.74) is 2.24. The average molecular weight is 264 g/mol. The summed E-state index contributed by atoms with van der Waals surface area (Å²) in [4.78, 5) is 13.2. The first-order valence-electron chi connectivity index (χ1n) is 6.45. The van der Waals surface area contributed by atoms with Crippen LogP contribution in [-0.4, -0.2) is 48.8 Å². The molecule has 0 saturated carbocycles. The number of ether oxygens (including phenoxy) is 1. The first-order chi connectivity index (χ1) is 9.20. The van der Waals surface area contributed by atoms with Crippen molar-refractivity contribution in [3.05, 3.63) is 35.4 Å². The molecule has 1 saturated heterocycles. The quantitative estimate of drug-likeness (QED) is 0.819. The second-order valence-corrected chi connectivity index (χ2v) is 4.78. The van der Waals surface area contributed by atoms with Crippen LogP contribution in [0, 0.1) is 0 Å². The molecule has 104 valence electrons. The summed E-state index contributed by atoms with van der Waals surface area (Å²) in [5.74, 6) is -0.764. The number of carboxylic acids is 1. The average Bonchev–Trinajstić information content (AvgIpc) is 2.40. The monoisotopic (exact) mass is 264 g/mol. The predicted molar refractivity (Wildman–Crippen MR) is 71.9 cm³/mol. The lowest BCUT2D eigenvalue weighted by Gasteiger charge is -2.33. The number of hydrogen-bond acceptors (Lipinski definition) is 4. The highest BCUT2D eigenvalue weighted by molar-refractivity contribution is 5.74. The molecule has 0 aromatic heterocycles. The van der Waals surface area contributed by atoms with Crippen LogP contribution in [0.2, 0.25) is 0 Å².